The van der Waals surface area contributed by atoms with Crippen molar-refractivity contribution in [3.05, 3.63) is 48.3 Å². The van der Waals surface area contributed by atoms with Crippen LogP contribution in [0.4, 0.5) is 5.69 Å². The molecule has 1 aromatic carbocycles. The van der Waals surface area contributed by atoms with Gasteiger partial charge in [-0.05, 0) is 44.2 Å². The Morgan fingerprint density at radius 3 is 2.33 bits per heavy atom. The van der Waals surface area contributed by atoms with E-state index in [0.717, 1.165) is 0 Å². The Balaban J connectivity index is 1.95. The third-order valence-electron chi connectivity index (χ3n) is 2.75. The maximum atomic E-state index is 12.1. The summed E-state index contributed by atoms with van der Waals surface area (Å²) in [6, 6.07) is 8.54. The van der Waals surface area contributed by atoms with Crippen molar-refractivity contribution in [2.24, 2.45) is 0 Å². The van der Waals surface area contributed by atoms with E-state index in [0.29, 0.717) is 16.4 Å². The van der Waals surface area contributed by atoms with Crippen LogP contribution in [0.1, 0.15) is 24.2 Å². The summed E-state index contributed by atoms with van der Waals surface area (Å²) < 4.78 is 0. The number of aromatic nitrogens is 2. The van der Waals surface area contributed by atoms with Gasteiger partial charge in [-0.25, -0.2) is 9.97 Å². The fourth-order valence-electron chi connectivity index (χ4n) is 1.59. The second-order valence-electron chi connectivity index (χ2n) is 4.41. The molecule has 0 fully saturated rings. The zero-order chi connectivity index (χ0) is 15.2. The lowest BCUT2D eigenvalue weighted by molar-refractivity contribution is -0.115. The SMILES string of the molecule is CC(=O)c1ccc(NC(=O)[C@H](C)Sc2ncccn2)cc1. The van der Waals surface area contributed by atoms with E-state index in [-0.39, 0.29) is 16.9 Å². The van der Waals surface area contributed by atoms with Gasteiger partial charge in [0.05, 0.1) is 5.25 Å². The van der Waals surface area contributed by atoms with Gasteiger partial charge < -0.3 is 5.32 Å². The maximum Gasteiger partial charge on any atom is 0.237 e. The number of Topliss-reactive ketones (excluding diaryl/α,β-unsaturated/α-hetero) is 1. The number of ketones is 1. The third kappa shape index (κ3) is 4.39. The van der Waals surface area contributed by atoms with Crippen LogP contribution in [0.25, 0.3) is 0 Å². The van der Waals surface area contributed by atoms with Crippen LogP contribution in [-0.4, -0.2) is 26.9 Å². The molecule has 0 bridgehead atoms. The largest absolute Gasteiger partial charge is 0.325 e. The first-order valence-corrected chi connectivity index (χ1v) is 7.30. The van der Waals surface area contributed by atoms with Crippen LogP contribution in [0.5, 0.6) is 0 Å². The molecule has 5 nitrogen and oxygen atoms in total. The normalized spacial score (nSPS) is 11.7. The zero-order valence-corrected chi connectivity index (χ0v) is 12.6. The summed E-state index contributed by atoms with van der Waals surface area (Å²) in [6.45, 7) is 3.30. The molecule has 0 saturated heterocycles. The molecule has 0 radical (unpaired) electrons. The molecule has 1 aromatic heterocycles. The summed E-state index contributed by atoms with van der Waals surface area (Å²) in [5.41, 5.74) is 1.28. The lowest BCUT2D eigenvalue weighted by atomic mass is 10.1. The molecule has 2 aromatic rings. The second-order valence-corrected chi connectivity index (χ2v) is 5.72. The summed E-state index contributed by atoms with van der Waals surface area (Å²) >= 11 is 1.29. The third-order valence-corrected chi connectivity index (χ3v) is 3.74. The smallest absolute Gasteiger partial charge is 0.237 e. The van der Waals surface area contributed by atoms with Crippen molar-refractivity contribution < 1.29 is 9.59 Å². The van der Waals surface area contributed by atoms with E-state index in [2.05, 4.69) is 15.3 Å². The van der Waals surface area contributed by atoms with Crippen molar-refractivity contribution >= 4 is 29.1 Å². The van der Waals surface area contributed by atoms with E-state index in [1.54, 1.807) is 49.6 Å². The van der Waals surface area contributed by atoms with E-state index in [1.807, 2.05) is 0 Å². The molecule has 0 spiro atoms. The molecule has 21 heavy (non-hydrogen) atoms. The highest BCUT2D eigenvalue weighted by Gasteiger charge is 2.15. The average molecular weight is 301 g/mol. The molecule has 1 amide bonds. The van der Waals surface area contributed by atoms with E-state index in [4.69, 9.17) is 0 Å². The summed E-state index contributed by atoms with van der Waals surface area (Å²) in [5.74, 6) is -0.138. The molecule has 0 unspecified atom stereocenters. The number of carbonyl (C=O) groups excluding carboxylic acids is 2. The Morgan fingerprint density at radius 1 is 1.14 bits per heavy atom. The fourth-order valence-corrected chi connectivity index (χ4v) is 2.32. The van der Waals surface area contributed by atoms with Crippen molar-refractivity contribution in [3.63, 3.8) is 0 Å². The molecular formula is C15H15N3O2S. The van der Waals surface area contributed by atoms with Crippen molar-refractivity contribution in [2.45, 2.75) is 24.3 Å². The number of benzene rings is 1. The minimum Gasteiger partial charge on any atom is -0.325 e. The van der Waals surface area contributed by atoms with E-state index < -0.39 is 0 Å². The number of rotatable bonds is 5. The van der Waals surface area contributed by atoms with Gasteiger partial charge in [0, 0.05) is 23.6 Å². The van der Waals surface area contributed by atoms with Gasteiger partial charge in [-0.15, -0.1) is 0 Å². The van der Waals surface area contributed by atoms with Crippen molar-refractivity contribution in [2.75, 3.05) is 5.32 Å². The lowest BCUT2D eigenvalue weighted by Crippen LogP contribution is -2.22. The standard InChI is InChI=1S/C15H15N3O2S/c1-10(19)12-4-6-13(7-5-12)18-14(20)11(2)21-15-16-8-3-9-17-15/h3-9,11H,1-2H3,(H,18,20)/t11-/m0/s1. The average Bonchev–Trinajstić information content (AvgIpc) is 2.48. The van der Waals surface area contributed by atoms with Crippen LogP contribution in [0.15, 0.2) is 47.9 Å². The van der Waals surface area contributed by atoms with Gasteiger partial charge in [0.1, 0.15) is 0 Å². The number of hydrogen-bond acceptors (Lipinski definition) is 5. The molecule has 1 atom stereocenters. The molecular weight excluding hydrogens is 286 g/mol. The highest BCUT2D eigenvalue weighted by molar-refractivity contribution is 8.00. The molecule has 1 N–H and O–H groups in total. The molecule has 108 valence electrons. The molecule has 0 aliphatic rings. The van der Waals surface area contributed by atoms with Crippen LogP contribution < -0.4 is 5.32 Å². The Labute approximate surface area is 127 Å². The number of hydrogen-bond donors (Lipinski definition) is 1. The molecule has 2 rings (SSSR count). The van der Waals surface area contributed by atoms with Crippen LogP contribution in [-0.2, 0) is 4.79 Å². The highest BCUT2D eigenvalue weighted by Crippen LogP contribution is 2.20. The molecule has 0 aliphatic heterocycles. The van der Waals surface area contributed by atoms with Gasteiger partial charge in [0.25, 0.3) is 0 Å². The van der Waals surface area contributed by atoms with Gasteiger partial charge in [0.15, 0.2) is 10.9 Å². The Bertz CT molecular complexity index is 629. The van der Waals surface area contributed by atoms with Crippen molar-refractivity contribution in [1.82, 2.24) is 9.97 Å². The van der Waals surface area contributed by atoms with Crippen LogP contribution in [0.3, 0.4) is 0 Å². The highest BCUT2D eigenvalue weighted by atomic mass is 32.2. The van der Waals surface area contributed by atoms with Gasteiger partial charge in [-0.2, -0.15) is 0 Å². The summed E-state index contributed by atoms with van der Waals surface area (Å²) in [4.78, 5) is 31.4. The van der Waals surface area contributed by atoms with Crippen LogP contribution >= 0.6 is 11.8 Å². The summed E-state index contributed by atoms with van der Waals surface area (Å²) in [6.07, 6.45) is 3.28. The van der Waals surface area contributed by atoms with Crippen LogP contribution in [0.2, 0.25) is 0 Å². The van der Waals surface area contributed by atoms with Crippen molar-refractivity contribution in [1.29, 1.82) is 0 Å². The van der Waals surface area contributed by atoms with Gasteiger partial charge in [-0.1, -0.05) is 11.8 Å². The number of nitrogens with one attached hydrogen (secondary N) is 1. The Morgan fingerprint density at radius 2 is 1.76 bits per heavy atom. The summed E-state index contributed by atoms with van der Waals surface area (Å²) in [5, 5.41) is 3.04. The summed E-state index contributed by atoms with van der Waals surface area (Å²) in [7, 11) is 0. The molecule has 0 saturated carbocycles. The quantitative estimate of drug-likeness (QED) is 0.522. The van der Waals surface area contributed by atoms with Gasteiger partial charge in [0.2, 0.25) is 5.91 Å². The van der Waals surface area contributed by atoms with Crippen LogP contribution in [0, 0.1) is 0 Å². The maximum absolute atomic E-state index is 12.1. The number of nitrogens with zero attached hydrogens (tertiary/aromatic N) is 2. The fraction of sp³-hybridized carbons (Fsp3) is 0.200. The van der Waals surface area contributed by atoms with Gasteiger partial charge in [-0.3, -0.25) is 9.59 Å². The van der Waals surface area contributed by atoms with E-state index in [1.165, 1.54) is 18.7 Å². The second kappa shape index (κ2) is 6.99. The molecule has 1 heterocycles. The number of anilines is 1. The van der Waals surface area contributed by atoms with Gasteiger partial charge >= 0.3 is 0 Å². The Kier molecular flexibility index (Phi) is 5.05. The minimum atomic E-state index is -0.320. The topological polar surface area (TPSA) is 72.0 Å². The first-order chi connectivity index (χ1) is 10.1. The molecule has 0 aliphatic carbocycles. The number of thioether (sulfide) groups is 1. The first kappa shape index (κ1) is 15.2. The predicted molar refractivity (Wildman–Crippen MR) is 82.4 cm³/mol. The lowest BCUT2D eigenvalue weighted by Gasteiger charge is -2.11. The molecule has 6 heteroatoms. The van der Waals surface area contributed by atoms with E-state index in [9.17, 15) is 9.59 Å². The zero-order valence-electron chi connectivity index (χ0n) is 11.7. The number of amides is 1. The predicted octanol–water partition coefficient (Wildman–Crippen LogP) is 2.80. The number of carbonyl (C=O) groups is 2. The Hall–Kier alpha value is -2.21. The first-order valence-electron chi connectivity index (χ1n) is 6.42. The monoisotopic (exact) mass is 301 g/mol. The van der Waals surface area contributed by atoms with Crippen molar-refractivity contribution in [3.8, 4) is 0 Å². The van der Waals surface area contributed by atoms with E-state index >= 15 is 0 Å². The minimum absolute atomic E-state index is 0.00183.